The predicted octanol–water partition coefficient (Wildman–Crippen LogP) is -0.656. The van der Waals surface area contributed by atoms with Crippen LogP contribution in [-0.4, -0.2) is 36.3 Å². The third-order valence-electron chi connectivity index (χ3n) is 2.25. The maximum Gasteiger partial charge on any atom is 0.233 e. The summed E-state index contributed by atoms with van der Waals surface area (Å²) in [6.07, 6.45) is 3.15. The molecule has 0 spiro atoms. The molecule has 6 heteroatoms. The summed E-state index contributed by atoms with van der Waals surface area (Å²) < 4.78 is 0. The zero-order chi connectivity index (χ0) is 12.4. The van der Waals surface area contributed by atoms with Crippen molar-refractivity contribution in [3.63, 3.8) is 0 Å². The second-order valence-electron chi connectivity index (χ2n) is 3.77. The highest BCUT2D eigenvalue weighted by Gasteiger charge is 2.08. The molecular weight excluding hydrogens is 208 g/mol. The summed E-state index contributed by atoms with van der Waals surface area (Å²) in [6, 6.07) is 0. The monoisotopic (exact) mass is 230 g/mol. The zero-order valence-corrected chi connectivity index (χ0v) is 9.87. The first-order chi connectivity index (χ1) is 7.60. The first kappa shape index (κ1) is 14.9. The number of nitrogens with zero attached hydrogens (tertiary/aromatic N) is 1. The average Bonchev–Trinajstić information content (AvgIpc) is 2.24. The molecule has 0 unspecified atom stereocenters. The number of hydrogen-bond donors (Lipinski definition) is 3. The fourth-order valence-corrected chi connectivity index (χ4v) is 1.41. The molecule has 0 rings (SSSR count). The van der Waals surface area contributed by atoms with E-state index in [4.69, 9.17) is 11.6 Å². The molecule has 94 valence electrons. The van der Waals surface area contributed by atoms with Gasteiger partial charge in [0.05, 0.1) is 6.54 Å². The van der Waals surface area contributed by atoms with Crippen LogP contribution in [0.2, 0.25) is 0 Å². The summed E-state index contributed by atoms with van der Waals surface area (Å²) >= 11 is 0. The summed E-state index contributed by atoms with van der Waals surface area (Å²) in [5.74, 6) is 4.44. The highest BCUT2D eigenvalue weighted by atomic mass is 16.2. The van der Waals surface area contributed by atoms with Gasteiger partial charge in [-0.1, -0.05) is 13.3 Å². The fourth-order valence-electron chi connectivity index (χ4n) is 1.41. The molecule has 0 aliphatic rings. The number of hydrogen-bond acceptors (Lipinski definition) is 4. The topological polar surface area (TPSA) is 101 Å². The van der Waals surface area contributed by atoms with E-state index in [0.29, 0.717) is 19.4 Å². The van der Waals surface area contributed by atoms with E-state index in [1.54, 1.807) is 0 Å². The number of rotatable bonds is 9. The van der Waals surface area contributed by atoms with Gasteiger partial charge < -0.3 is 5.73 Å². The van der Waals surface area contributed by atoms with Crippen molar-refractivity contribution in [1.29, 1.82) is 0 Å². The van der Waals surface area contributed by atoms with Gasteiger partial charge in [0.25, 0.3) is 0 Å². The van der Waals surface area contributed by atoms with Crippen molar-refractivity contribution in [2.45, 2.75) is 32.6 Å². The molecule has 0 aliphatic heterocycles. The fraction of sp³-hybridized carbons (Fsp3) is 0.800. The number of amides is 2. The minimum Gasteiger partial charge on any atom is -0.369 e. The Kier molecular flexibility index (Phi) is 8.46. The number of carbonyl (C=O) groups is 2. The lowest BCUT2D eigenvalue weighted by molar-refractivity contribution is -0.121. The van der Waals surface area contributed by atoms with Crippen LogP contribution in [0.1, 0.15) is 32.6 Å². The van der Waals surface area contributed by atoms with Crippen LogP contribution < -0.4 is 17.0 Å². The van der Waals surface area contributed by atoms with E-state index in [1.807, 2.05) is 4.90 Å². The van der Waals surface area contributed by atoms with Gasteiger partial charge in [-0.3, -0.25) is 19.9 Å². The Morgan fingerprint density at radius 3 is 2.38 bits per heavy atom. The van der Waals surface area contributed by atoms with Crippen LogP contribution in [0.3, 0.4) is 0 Å². The van der Waals surface area contributed by atoms with E-state index in [9.17, 15) is 9.59 Å². The number of carbonyl (C=O) groups excluding carboxylic acids is 2. The van der Waals surface area contributed by atoms with Gasteiger partial charge in [-0.15, -0.1) is 0 Å². The smallest absolute Gasteiger partial charge is 0.233 e. The molecule has 0 bridgehead atoms. The van der Waals surface area contributed by atoms with E-state index in [0.717, 1.165) is 19.4 Å². The van der Waals surface area contributed by atoms with Gasteiger partial charge in [0, 0.05) is 6.42 Å². The molecule has 0 aromatic heterocycles. The molecule has 0 saturated carbocycles. The number of unbranched alkanes of at least 4 members (excludes halogenated alkanes) is 1. The Morgan fingerprint density at radius 2 is 1.88 bits per heavy atom. The Labute approximate surface area is 96.3 Å². The molecule has 5 N–H and O–H groups in total. The highest BCUT2D eigenvalue weighted by molar-refractivity contribution is 5.76. The first-order valence-electron chi connectivity index (χ1n) is 5.60. The van der Waals surface area contributed by atoms with Crippen LogP contribution in [0, 0.1) is 0 Å². The quantitative estimate of drug-likeness (QED) is 0.278. The molecule has 0 saturated heterocycles. The standard InChI is InChI=1S/C10H22N4O2/c1-2-3-6-14(8-9(11)15)7-4-5-10(16)13-12/h2-8,12H2,1H3,(H2,11,15)(H,13,16). The molecule has 0 heterocycles. The van der Waals surface area contributed by atoms with Crippen LogP contribution in [-0.2, 0) is 9.59 Å². The van der Waals surface area contributed by atoms with Crippen molar-refractivity contribution in [2.75, 3.05) is 19.6 Å². The van der Waals surface area contributed by atoms with Crippen LogP contribution in [0.15, 0.2) is 0 Å². The average molecular weight is 230 g/mol. The van der Waals surface area contributed by atoms with Gasteiger partial charge in [-0.2, -0.15) is 0 Å². The molecular formula is C10H22N4O2. The molecule has 0 aromatic carbocycles. The van der Waals surface area contributed by atoms with Crippen molar-refractivity contribution in [3.8, 4) is 0 Å². The van der Waals surface area contributed by atoms with E-state index >= 15 is 0 Å². The Morgan fingerprint density at radius 1 is 1.25 bits per heavy atom. The number of nitrogens with one attached hydrogen (secondary N) is 1. The van der Waals surface area contributed by atoms with Crippen molar-refractivity contribution < 1.29 is 9.59 Å². The van der Waals surface area contributed by atoms with Crippen molar-refractivity contribution in [1.82, 2.24) is 10.3 Å². The minimum atomic E-state index is -0.334. The van der Waals surface area contributed by atoms with Gasteiger partial charge in [-0.05, 0) is 25.9 Å². The maximum absolute atomic E-state index is 10.9. The second kappa shape index (κ2) is 9.11. The van der Waals surface area contributed by atoms with Crippen LogP contribution in [0.5, 0.6) is 0 Å². The van der Waals surface area contributed by atoms with Gasteiger partial charge in [0.2, 0.25) is 11.8 Å². The molecule has 0 radical (unpaired) electrons. The largest absolute Gasteiger partial charge is 0.369 e. The molecule has 0 aliphatic carbocycles. The highest BCUT2D eigenvalue weighted by Crippen LogP contribution is 1.98. The van der Waals surface area contributed by atoms with Gasteiger partial charge in [0.1, 0.15) is 0 Å². The molecule has 6 nitrogen and oxygen atoms in total. The van der Waals surface area contributed by atoms with E-state index in [-0.39, 0.29) is 18.4 Å². The molecule has 0 fully saturated rings. The Hall–Kier alpha value is -1.14. The molecule has 0 atom stereocenters. The third-order valence-corrected chi connectivity index (χ3v) is 2.25. The summed E-state index contributed by atoms with van der Waals surface area (Å²) in [7, 11) is 0. The molecule has 2 amide bonds. The van der Waals surface area contributed by atoms with Crippen molar-refractivity contribution >= 4 is 11.8 Å². The lowest BCUT2D eigenvalue weighted by atomic mass is 10.2. The van der Waals surface area contributed by atoms with E-state index < -0.39 is 0 Å². The Bertz CT molecular complexity index is 221. The number of primary amides is 1. The SMILES string of the molecule is CCCCN(CCCC(=O)NN)CC(N)=O. The van der Waals surface area contributed by atoms with Crippen molar-refractivity contribution in [3.05, 3.63) is 0 Å². The lowest BCUT2D eigenvalue weighted by Crippen LogP contribution is -2.36. The summed E-state index contributed by atoms with van der Waals surface area (Å²) in [4.78, 5) is 23.7. The first-order valence-corrected chi connectivity index (χ1v) is 5.60. The number of nitrogens with two attached hydrogens (primary N) is 2. The van der Waals surface area contributed by atoms with Crippen LogP contribution in [0.4, 0.5) is 0 Å². The van der Waals surface area contributed by atoms with Crippen molar-refractivity contribution in [2.24, 2.45) is 11.6 Å². The second-order valence-corrected chi connectivity index (χ2v) is 3.77. The minimum absolute atomic E-state index is 0.186. The maximum atomic E-state index is 10.9. The predicted molar refractivity (Wildman–Crippen MR) is 62.1 cm³/mol. The van der Waals surface area contributed by atoms with E-state index in [1.165, 1.54) is 0 Å². The third kappa shape index (κ3) is 8.19. The zero-order valence-electron chi connectivity index (χ0n) is 9.87. The van der Waals surface area contributed by atoms with Gasteiger partial charge in [-0.25, -0.2) is 5.84 Å². The van der Waals surface area contributed by atoms with E-state index in [2.05, 4.69) is 12.3 Å². The van der Waals surface area contributed by atoms with Crippen LogP contribution >= 0.6 is 0 Å². The van der Waals surface area contributed by atoms with Crippen LogP contribution in [0.25, 0.3) is 0 Å². The molecule has 0 aromatic rings. The Balaban J connectivity index is 3.81. The number of hydrazine groups is 1. The summed E-state index contributed by atoms with van der Waals surface area (Å²) in [5, 5.41) is 0. The lowest BCUT2D eigenvalue weighted by Gasteiger charge is -2.19. The summed E-state index contributed by atoms with van der Waals surface area (Å²) in [5.41, 5.74) is 7.22. The molecule has 16 heavy (non-hydrogen) atoms. The van der Waals surface area contributed by atoms with Gasteiger partial charge >= 0.3 is 0 Å². The normalized spacial score (nSPS) is 10.4. The van der Waals surface area contributed by atoms with Gasteiger partial charge in [0.15, 0.2) is 0 Å². The summed E-state index contributed by atoms with van der Waals surface area (Å²) in [6.45, 7) is 3.87.